The molecule has 4 nitrogen and oxygen atoms in total. The summed E-state index contributed by atoms with van der Waals surface area (Å²) in [4.78, 5) is 10.9. The van der Waals surface area contributed by atoms with Crippen molar-refractivity contribution in [2.24, 2.45) is 5.92 Å². The van der Waals surface area contributed by atoms with E-state index in [0.29, 0.717) is 0 Å². The summed E-state index contributed by atoms with van der Waals surface area (Å²) in [5, 5.41) is 21.1. The van der Waals surface area contributed by atoms with Crippen molar-refractivity contribution in [1.82, 2.24) is 0 Å². The molecule has 0 fully saturated rings. The summed E-state index contributed by atoms with van der Waals surface area (Å²) in [6, 6.07) is 3.83. The van der Waals surface area contributed by atoms with E-state index in [4.69, 9.17) is 5.11 Å². The zero-order valence-electron chi connectivity index (χ0n) is 9.77. The van der Waals surface area contributed by atoms with Gasteiger partial charge < -0.3 is 15.5 Å². The number of benzene rings is 1. The van der Waals surface area contributed by atoms with E-state index in [0.717, 1.165) is 0 Å². The molecular formula is C12H16FNO3. The molecule has 0 spiro atoms. The number of aromatic carboxylic acids is 1. The summed E-state index contributed by atoms with van der Waals surface area (Å²) in [5.41, 5.74) is -0.222. The average molecular weight is 241 g/mol. The second-order valence-electron chi connectivity index (χ2n) is 4.16. The maximum absolute atomic E-state index is 13.5. The lowest BCUT2D eigenvalue weighted by molar-refractivity contribution is 0.0697. The molecule has 1 unspecified atom stereocenters. The van der Waals surface area contributed by atoms with Gasteiger partial charge in [-0.15, -0.1) is 0 Å². The van der Waals surface area contributed by atoms with Crippen molar-refractivity contribution in [3.63, 3.8) is 0 Å². The topological polar surface area (TPSA) is 69.6 Å². The van der Waals surface area contributed by atoms with Gasteiger partial charge in [0.15, 0.2) is 0 Å². The second-order valence-corrected chi connectivity index (χ2v) is 4.16. The van der Waals surface area contributed by atoms with Crippen molar-refractivity contribution in [3.05, 3.63) is 29.6 Å². The number of anilines is 1. The number of hydrogen-bond donors (Lipinski definition) is 3. The van der Waals surface area contributed by atoms with E-state index in [1.54, 1.807) is 0 Å². The van der Waals surface area contributed by atoms with Crippen LogP contribution in [-0.4, -0.2) is 28.8 Å². The monoisotopic (exact) mass is 241 g/mol. The summed E-state index contributed by atoms with van der Waals surface area (Å²) < 4.78 is 13.5. The van der Waals surface area contributed by atoms with Gasteiger partial charge in [0.05, 0.1) is 17.4 Å². The fourth-order valence-corrected chi connectivity index (χ4v) is 1.32. The highest BCUT2D eigenvalue weighted by atomic mass is 19.1. The van der Waals surface area contributed by atoms with Crippen LogP contribution >= 0.6 is 0 Å². The molecular weight excluding hydrogens is 225 g/mol. The maximum Gasteiger partial charge on any atom is 0.337 e. The Balaban J connectivity index is 2.86. The first-order valence-electron chi connectivity index (χ1n) is 5.37. The zero-order valence-corrected chi connectivity index (χ0v) is 9.77. The van der Waals surface area contributed by atoms with E-state index >= 15 is 0 Å². The molecule has 1 aromatic carbocycles. The van der Waals surface area contributed by atoms with Crippen molar-refractivity contribution >= 4 is 11.7 Å². The van der Waals surface area contributed by atoms with Gasteiger partial charge in [-0.2, -0.15) is 0 Å². The van der Waals surface area contributed by atoms with Crippen LogP contribution in [-0.2, 0) is 0 Å². The number of para-hydroxylation sites is 1. The average Bonchev–Trinajstić information content (AvgIpc) is 2.26. The molecule has 1 aromatic rings. The third-order valence-corrected chi connectivity index (χ3v) is 2.50. The lowest BCUT2D eigenvalue weighted by Crippen LogP contribution is -2.25. The van der Waals surface area contributed by atoms with Gasteiger partial charge >= 0.3 is 5.97 Å². The van der Waals surface area contributed by atoms with Crippen LogP contribution in [0.3, 0.4) is 0 Å². The zero-order chi connectivity index (χ0) is 13.0. The van der Waals surface area contributed by atoms with Crippen LogP contribution in [0.4, 0.5) is 10.1 Å². The molecule has 0 saturated heterocycles. The lowest BCUT2D eigenvalue weighted by atomic mass is 10.1. The Kier molecular flexibility index (Phi) is 4.45. The summed E-state index contributed by atoms with van der Waals surface area (Å²) in [6.45, 7) is 3.76. The Hall–Kier alpha value is -1.62. The second kappa shape index (κ2) is 5.63. The first kappa shape index (κ1) is 13.4. The molecule has 0 aliphatic carbocycles. The van der Waals surface area contributed by atoms with Crippen molar-refractivity contribution in [3.8, 4) is 0 Å². The fraction of sp³-hybridized carbons (Fsp3) is 0.417. The van der Waals surface area contributed by atoms with E-state index in [2.05, 4.69) is 5.32 Å². The molecule has 0 saturated carbocycles. The molecule has 5 heteroatoms. The number of carbonyl (C=O) groups is 1. The van der Waals surface area contributed by atoms with Gasteiger partial charge in [-0.1, -0.05) is 19.9 Å². The SMILES string of the molecule is CC(C)C(O)CNc1c(F)cccc1C(=O)O. The summed E-state index contributed by atoms with van der Waals surface area (Å²) in [6.07, 6.45) is -0.656. The molecule has 3 N–H and O–H groups in total. The number of aliphatic hydroxyl groups is 1. The first-order valence-corrected chi connectivity index (χ1v) is 5.37. The van der Waals surface area contributed by atoms with Crippen molar-refractivity contribution in [2.45, 2.75) is 20.0 Å². The van der Waals surface area contributed by atoms with Gasteiger partial charge in [-0.25, -0.2) is 9.18 Å². The third-order valence-electron chi connectivity index (χ3n) is 2.50. The number of hydrogen-bond acceptors (Lipinski definition) is 3. The van der Waals surface area contributed by atoms with E-state index in [1.165, 1.54) is 18.2 Å². The van der Waals surface area contributed by atoms with Crippen LogP contribution in [0, 0.1) is 11.7 Å². The van der Waals surface area contributed by atoms with Crippen molar-refractivity contribution in [2.75, 3.05) is 11.9 Å². The fourth-order valence-electron chi connectivity index (χ4n) is 1.32. The molecule has 0 bridgehead atoms. The third kappa shape index (κ3) is 3.42. The van der Waals surface area contributed by atoms with Crippen LogP contribution in [0.15, 0.2) is 18.2 Å². The number of aliphatic hydroxyl groups excluding tert-OH is 1. The highest BCUT2D eigenvalue weighted by Crippen LogP contribution is 2.20. The predicted octanol–water partition coefficient (Wildman–Crippen LogP) is 1.95. The van der Waals surface area contributed by atoms with Crippen LogP contribution < -0.4 is 5.32 Å². The van der Waals surface area contributed by atoms with Gasteiger partial charge in [-0.05, 0) is 18.1 Å². The molecule has 0 heterocycles. The Morgan fingerprint density at radius 3 is 2.65 bits per heavy atom. The van der Waals surface area contributed by atoms with Crippen LogP contribution in [0.5, 0.6) is 0 Å². The number of carboxylic acids is 1. The summed E-state index contributed by atoms with van der Waals surface area (Å²) >= 11 is 0. The van der Waals surface area contributed by atoms with E-state index in [9.17, 15) is 14.3 Å². The van der Waals surface area contributed by atoms with Crippen LogP contribution in [0.25, 0.3) is 0 Å². The molecule has 1 rings (SSSR count). The number of halogens is 1. The largest absolute Gasteiger partial charge is 0.478 e. The van der Waals surface area contributed by atoms with Crippen LogP contribution in [0.2, 0.25) is 0 Å². The predicted molar refractivity (Wildman–Crippen MR) is 62.7 cm³/mol. The minimum Gasteiger partial charge on any atom is -0.478 e. The Bertz CT molecular complexity index is 407. The van der Waals surface area contributed by atoms with Gasteiger partial charge in [0.1, 0.15) is 5.82 Å². The van der Waals surface area contributed by atoms with Gasteiger partial charge in [0, 0.05) is 6.54 Å². The highest BCUT2D eigenvalue weighted by molar-refractivity contribution is 5.94. The molecule has 0 aliphatic heterocycles. The minimum absolute atomic E-state index is 0.0163. The molecule has 0 aliphatic rings. The number of rotatable bonds is 5. The summed E-state index contributed by atoms with van der Waals surface area (Å²) in [7, 11) is 0. The molecule has 0 amide bonds. The van der Waals surface area contributed by atoms with E-state index < -0.39 is 17.9 Å². The standard InChI is InChI=1S/C12H16FNO3/c1-7(2)10(15)6-14-11-8(12(16)17)4-3-5-9(11)13/h3-5,7,10,14-15H,6H2,1-2H3,(H,16,17). The quantitative estimate of drug-likeness (QED) is 0.737. The van der Waals surface area contributed by atoms with Gasteiger partial charge in [-0.3, -0.25) is 0 Å². The molecule has 94 valence electrons. The van der Waals surface area contributed by atoms with Crippen molar-refractivity contribution in [1.29, 1.82) is 0 Å². The number of nitrogens with one attached hydrogen (secondary N) is 1. The first-order chi connectivity index (χ1) is 7.93. The van der Waals surface area contributed by atoms with E-state index in [1.807, 2.05) is 13.8 Å². The minimum atomic E-state index is -1.20. The Labute approximate surface area is 99.1 Å². The highest BCUT2D eigenvalue weighted by Gasteiger charge is 2.16. The summed E-state index contributed by atoms with van der Waals surface area (Å²) in [5.74, 6) is -1.82. The molecule has 0 aromatic heterocycles. The Morgan fingerprint density at radius 2 is 2.12 bits per heavy atom. The lowest BCUT2D eigenvalue weighted by Gasteiger charge is -2.17. The number of carboxylic acid groups (broad SMARTS) is 1. The normalized spacial score (nSPS) is 12.5. The van der Waals surface area contributed by atoms with Crippen LogP contribution in [0.1, 0.15) is 24.2 Å². The smallest absolute Gasteiger partial charge is 0.337 e. The molecule has 17 heavy (non-hydrogen) atoms. The van der Waals surface area contributed by atoms with Gasteiger partial charge in [0.25, 0.3) is 0 Å². The molecule has 0 radical (unpaired) electrons. The van der Waals surface area contributed by atoms with Gasteiger partial charge in [0.2, 0.25) is 0 Å². The van der Waals surface area contributed by atoms with E-state index in [-0.39, 0.29) is 23.7 Å². The molecule has 1 atom stereocenters. The van der Waals surface area contributed by atoms with Crippen molar-refractivity contribution < 1.29 is 19.4 Å². The maximum atomic E-state index is 13.5. The Morgan fingerprint density at radius 1 is 1.47 bits per heavy atom.